The Bertz CT molecular complexity index is 645. The molecule has 0 bridgehead atoms. The van der Waals surface area contributed by atoms with Gasteiger partial charge in [-0.25, -0.2) is 4.79 Å². The van der Waals surface area contributed by atoms with Crippen LogP contribution in [0.5, 0.6) is 0 Å². The Labute approximate surface area is 189 Å². The van der Waals surface area contributed by atoms with E-state index in [1.807, 2.05) is 20.1 Å². The fourth-order valence-electron chi connectivity index (χ4n) is 3.56. The third-order valence-corrected chi connectivity index (χ3v) is 6.46. The summed E-state index contributed by atoms with van der Waals surface area (Å²) in [6.45, 7) is 7.71. The summed E-state index contributed by atoms with van der Waals surface area (Å²) < 4.78 is 0. The van der Waals surface area contributed by atoms with Crippen molar-refractivity contribution in [1.29, 1.82) is 0 Å². The number of carbonyl (C=O) groups excluding carboxylic acids is 3. The van der Waals surface area contributed by atoms with Gasteiger partial charge in [0, 0.05) is 6.54 Å². The highest BCUT2D eigenvalue weighted by Crippen LogP contribution is 2.21. The van der Waals surface area contributed by atoms with Crippen molar-refractivity contribution in [2.75, 3.05) is 18.6 Å². The lowest BCUT2D eigenvalue weighted by atomic mass is 9.96. The van der Waals surface area contributed by atoms with Gasteiger partial charge in [-0.2, -0.15) is 11.8 Å². The molecule has 5 N–H and O–H groups in total. The summed E-state index contributed by atoms with van der Waals surface area (Å²) in [6.07, 6.45) is 4.09. The summed E-state index contributed by atoms with van der Waals surface area (Å²) >= 11 is 1.59. The average Bonchev–Trinajstić information content (AvgIpc) is 3.22. The van der Waals surface area contributed by atoms with Crippen molar-refractivity contribution in [3.63, 3.8) is 0 Å². The number of nitrogens with two attached hydrogens (primary N) is 1. The number of nitrogens with one attached hydrogen (secondary N) is 2. The van der Waals surface area contributed by atoms with Crippen LogP contribution in [0.3, 0.4) is 0 Å². The Morgan fingerprint density at radius 3 is 2.26 bits per heavy atom. The predicted molar refractivity (Wildman–Crippen MR) is 121 cm³/mol. The van der Waals surface area contributed by atoms with Gasteiger partial charge < -0.3 is 26.4 Å². The lowest BCUT2D eigenvalue weighted by Crippen LogP contribution is -2.59. The number of rotatable bonds is 12. The van der Waals surface area contributed by atoms with Crippen LogP contribution in [-0.2, 0) is 19.2 Å². The molecule has 178 valence electrons. The molecule has 10 heteroatoms. The van der Waals surface area contributed by atoms with E-state index < -0.39 is 47.9 Å². The maximum atomic E-state index is 13.1. The number of nitrogens with zero attached hydrogens (tertiary/aromatic N) is 1. The van der Waals surface area contributed by atoms with Crippen LogP contribution in [0.4, 0.5) is 0 Å². The van der Waals surface area contributed by atoms with Gasteiger partial charge in [0.15, 0.2) is 0 Å². The van der Waals surface area contributed by atoms with Gasteiger partial charge in [0.25, 0.3) is 0 Å². The highest BCUT2D eigenvalue weighted by atomic mass is 32.2. The first-order chi connectivity index (χ1) is 14.5. The molecule has 0 aromatic heterocycles. The molecular weight excluding hydrogens is 420 g/mol. The third-order valence-electron chi connectivity index (χ3n) is 5.81. The molecule has 0 saturated carbocycles. The molecule has 1 aliphatic rings. The van der Waals surface area contributed by atoms with Crippen molar-refractivity contribution in [1.82, 2.24) is 15.5 Å². The van der Waals surface area contributed by atoms with Gasteiger partial charge in [0.2, 0.25) is 17.7 Å². The zero-order valence-electron chi connectivity index (χ0n) is 19.2. The molecule has 3 amide bonds. The number of carboxylic acid groups (broad SMARTS) is 1. The topological polar surface area (TPSA) is 142 Å². The minimum Gasteiger partial charge on any atom is -0.480 e. The van der Waals surface area contributed by atoms with Crippen LogP contribution in [-0.4, -0.2) is 76.4 Å². The van der Waals surface area contributed by atoms with Gasteiger partial charge in [0.1, 0.15) is 18.1 Å². The van der Waals surface area contributed by atoms with Crippen LogP contribution >= 0.6 is 11.8 Å². The van der Waals surface area contributed by atoms with E-state index >= 15 is 0 Å². The number of carbonyl (C=O) groups is 4. The molecule has 1 rings (SSSR count). The number of hydrogen-bond acceptors (Lipinski definition) is 6. The van der Waals surface area contributed by atoms with Gasteiger partial charge >= 0.3 is 5.97 Å². The molecule has 0 aromatic carbocycles. The molecule has 0 aromatic rings. The van der Waals surface area contributed by atoms with Crippen LogP contribution in [0.15, 0.2) is 0 Å². The molecule has 1 heterocycles. The minimum absolute atomic E-state index is 0.168. The Hall–Kier alpha value is -1.81. The van der Waals surface area contributed by atoms with Crippen LogP contribution in [0.1, 0.15) is 53.4 Å². The zero-order chi connectivity index (χ0) is 23.7. The average molecular weight is 459 g/mol. The molecule has 0 spiro atoms. The normalized spacial score (nSPS) is 20.1. The van der Waals surface area contributed by atoms with Crippen LogP contribution in [0.2, 0.25) is 0 Å². The lowest BCUT2D eigenvalue weighted by Gasteiger charge is -2.32. The smallest absolute Gasteiger partial charge is 0.326 e. The fourth-order valence-corrected chi connectivity index (χ4v) is 4.05. The number of aliphatic carboxylic acids is 1. The highest BCUT2D eigenvalue weighted by molar-refractivity contribution is 7.98. The van der Waals surface area contributed by atoms with Crippen LogP contribution < -0.4 is 16.4 Å². The van der Waals surface area contributed by atoms with E-state index in [2.05, 4.69) is 10.6 Å². The lowest BCUT2D eigenvalue weighted by molar-refractivity contribution is -0.150. The van der Waals surface area contributed by atoms with Crippen molar-refractivity contribution >= 4 is 35.5 Å². The number of amides is 3. The maximum absolute atomic E-state index is 13.1. The number of likely N-dealkylation sites (tertiary alicyclic amines) is 1. The molecular formula is C21H38N4O5S. The largest absolute Gasteiger partial charge is 0.480 e. The molecule has 5 atom stereocenters. The van der Waals surface area contributed by atoms with E-state index in [0.717, 1.165) is 5.75 Å². The molecule has 1 saturated heterocycles. The summed E-state index contributed by atoms with van der Waals surface area (Å²) in [5.74, 6) is -1.98. The van der Waals surface area contributed by atoms with Crippen molar-refractivity contribution in [2.24, 2.45) is 17.6 Å². The summed E-state index contributed by atoms with van der Waals surface area (Å²) in [5.41, 5.74) is 5.94. The van der Waals surface area contributed by atoms with E-state index in [9.17, 15) is 24.3 Å². The van der Waals surface area contributed by atoms with E-state index in [4.69, 9.17) is 5.73 Å². The number of thioether (sulfide) groups is 1. The SMILES string of the molecule is CCC(C)C(NC(=O)C(N)CCSC)C(=O)NC(C(=O)N1CCCC1C(=O)O)C(C)C. The first-order valence-electron chi connectivity index (χ1n) is 10.9. The fraction of sp³-hybridized carbons (Fsp3) is 0.810. The van der Waals surface area contributed by atoms with Gasteiger partial charge in [-0.05, 0) is 43.1 Å². The predicted octanol–water partition coefficient (Wildman–Crippen LogP) is 0.814. The Kier molecular flexibility index (Phi) is 11.3. The Balaban J connectivity index is 2.95. The first kappa shape index (κ1) is 27.2. The summed E-state index contributed by atoms with van der Waals surface area (Å²) in [4.78, 5) is 51.5. The summed E-state index contributed by atoms with van der Waals surface area (Å²) in [6, 6.07) is -3.29. The van der Waals surface area contributed by atoms with Crippen molar-refractivity contribution in [3.8, 4) is 0 Å². The quantitative estimate of drug-likeness (QED) is 0.339. The molecule has 1 aliphatic heterocycles. The van der Waals surface area contributed by atoms with Gasteiger partial charge in [-0.1, -0.05) is 34.1 Å². The van der Waals surface area contributed by atoms with Crippen molar-refractivity contribution in [2.45, 2.75) is 77.5 Å². The van der Waals surface area contributed by atoms with E-state index in [-0.39, 0.29) is 11.8 Å². The molecule has 5 unspecified atom stereocenters. The summed E-state index contributed by atoms with van der Waals surface area (Å²) in [7, 11) is 0. The molecule has 0 radical (unpaired) electrons. The second-order valence-electron chi connectivity index (χ2n) is 8.52. The molecule has 31 heavy (non-hydrogen) atoms. The van der Waals surface area contributed by atoms with Gasteiger partial charge in [-0.15, -0.1) is 0 Å². The van der Waals surface area contributed by atoms with Crippen molar-refractivity contribution in [3.05, 3.63) is 0 Å². The Morgan fingerprint density at radius 1 is 1.13 bits per heavy atom. The zero-order valence-corrected chi connectivity index (χ0v) is 20.0. The summed E-state index contributed by atoms with van der Waals surface area (Å²) in [5, 5.41) is 14.9. The second-order valence-corrected chi connectivity index (χ2v) is 9.50. The molecule has 1 fully saturated rings. The maximum Gasteiger partial charge on any atom is 0.326 e. The second kappa shape index (κ2) is 12.9. The van der Waals surface area contributed by atoms with Crippen molar-refractivity contribution < 1.29 is 24.3 Å². The Morgan fingerprint density at radius 2 is 1.74 bits per heavy atom. The third kappa shape index (κ3) is 7.68. The van der Waals surface area contributed by atoms with Gasteiger partial charge in [0.05, 0.1) is 6.04 Å². The monoisotopic (exact) mass is 458 g/mol. The van der Waals surface area contributed by atoms with Crippen LogP contribution in [0.25, 0.3) is 0 Å². The van der Waals surface area contributed by atoms with E-state index in [1.165, 1.54) is 4.90 Å². The first-order valence-corrected chi connectivity index (χ1v) is 12.3. The highest BCUT2D eigenvalue weighted by Gasteiger charge is 2.39. The standard InChI is InChI=1S/C21H38N4O5S/c1-6-13(4)17(24-18(26)14(22)9-11-31-5)19(27)23-16(12(2)3)20(28)25-10-7-8-15(25)21(29)30/h12-17H,6-11,22H2,1-5H3,(H,23,27)(H,24,26)(H,29,30). The molecule has 0 aliphatic carbocycles. The number of hydrogen-bond donors (Lipinski definition) is 4. The van der Waals surface area contributed by atoms with Crippen LogP contribution in [0, 0.1) is 11.8 Å². The minimum atomic E-state index is -1.04. The van der Waals surface area contributed by atoms with E-state index in [0.29, 0.717) is 32.2 Å². The van der Waals surface area contributed by atoms with E-state index in [1.54, 1.807) is 25.6 Å². The van der Waals surface area contributed by atoms with Gasteiger partial charge in [-0.3, -0.25) is 14.4 Å². The molecule has 9 nitrogen and oxygen atoms in total. The number of carboxylic acids is 1.